The molecule has 0 spiro atoms. The first-order chi connectivity index (χ1) is 17.3. The van der Waals surface area contributed by atoms with Crippen LogP contribution in [0.25, 0.3) is 17.2 Å². The molecule has 1 saturated carbocycles. The number of fused-ring (bicyclic) bond motifs is 1. The highest BCUT2D eigenvalue weighted by molar-refractivity contribution is 5.80. The van der Waals surface area contributed by atoms with Crippen molar-refractivity contribution in [2.24, 2.45) is 29.1 Å². The number of ether oxygens (including phenoxy) is 1. The van der Waals surface area contributed by atoms with E-state index in [2.05, 4.69) is 54.8 Å². The van der Waals surface area contributed by atoms with E-state index in [1.54, 1.807) is 12.3 Å². The van der Waals surface area contributed by atoms with Crippen molar-refractivity contribution in [1.29, 1.82) is 0 Å². The van der Waals surface area contributed by atoms with E-state index in [4.69, 9.17) is 4.74 Å². The molecule has 3 fully saturated rings. The molecule has 6 heteroatoms. The molecule has 5 nitrogen and oxygen atoms in total. The second-order valence-corrected chi connectivity index (χ2v) is 11.3. The third kappa shape index (κ3) is 4.73. The van der Waals surface area contributed by atoms with E-state index in [1.807, 2.05) is 18.2 Å². The van der Waals surface area contributed by atoms with E-state index >= 15 is 0 Å². The van der Waals surface area contributed by atoms with Crippen LogP contribution in [0.3, 0.4) is 0 Å². The Kier molecular flexibility index (Phi) is 7.01. The van der Waals surface area contributed by atoms with Crippen LogP contribution in [0.5, 0.6) is 0 Å². The van der Waals surface area contributed by atoms with Crippen LogP contribution in [-0.4, -0.2) is 66.6 Å². The van der Waals surface area contributed by atoms with Gasteiger partial charge in [0.15, 0.2) is 0 Å². The predicted molar refractivity (Wildman–Crippen MR) is 141 cm³/mol. The molecule has 3 aliphatic rings. The quantitative estimate of drug-likeness (QED) is 0.552. The van der Waals surface area contributed by atoms with Crippen molar-refractivity contribution in [2.45, 2.75) is 33.3 Å². The average Bonchev–Trinajstić information content (AvgIpc) is 3.10. The van der Waals surface area contributed by atoms with Gasteiger partial charge < -0.3 is 9.64 Å². The number of cyclic esters (lactones) is 1. The predicted octanol–water partition coefficient (Wildman–Crippen LogP) is 4.99. The normalized spacial score (nSPS) is 33.6. The van der Waals surface area contributed by atoms with Crippen molar-refractivity contribution >= 4 is 12.0 Å². The van der Waals surface area contributed by atoms with Gasteiger partial charge in [-0.05, 0) is 68.0 Å². The van der Waals surface area contributed by atoms with Crippen LogP contribution >= 0.6 is 0 Å². The number of nitrogens with zero attached hydrogens (tertiary/aromatic N) is 3. The second kappa shape index (κ2) is 10.1. The number of pyridine rings is 1. The van der Waals surface area contributed by atoms with Crippen LogP contribution in [0.2, 0.25) is 0 Å². The van der Waals surface area contributed by atoms with Gasteiger partial charge in [-0.15, -0.1) is 0 Å². The van der Waals surface area contributed by atoms with Gasteiger partial charge in [0.25, 0.3) is 0 Å². The number of halogens is 1. The first-order valence-corrected chi connectivity index (χ1v) is 13.3. The molecule has 2 aromatic rings. The molecule has 4 unspecified atom stereocenters. The molecule has 6 atom stereocenters. The van der Waals surface area contributed by atoms with Crippen molar-refractivity contribution in [3.8, 4) is 11.1 Å². The largest absolute Gasteiger partial charge is 0.462 e. The van der Waals surface area contributed by atoms with Gasteiger partial charge in [-0.2, -0.15) is 0 Å². The number of hydrogen-bond donors (Lipinski definition) is 0. The molecule has 0 radical (unpaired) electrons. The van der Waals surface area contributed by atoms with Crippen LogP contribution in [-0.2, 0) is 9.53 Å². The Labute approximate surface area is 214 Å². The monoisotopic (exact) mass is 491 g/mol. The highest BCUT2D eigenvalue weighted by Gasteiger charge is 2.62. The number of likely N-dealkylation sites (N-methyl/N-ethyl adjacent to an activating group) is 1. The first-order valence-electron chi connectivity index (χ1n) is 13.3. The fourth-order valence-corrected chi connectivity index (χ4v) is 6.80. The zero-order valence-corrected chi connectivity index (χ0v) is 21.9. The Balaban J connectivity index is 1.39. The van der Waals surface area contributed by atoms with E-state index < -0.39 is 5.41 Å². The third-order valence-corrected chi connectivity index (χ3v) is 8.98. The van der Waals surface area contributed by atoms with E-state index in [0.717, 1.165) is 56.0 Å². The molecule has 3 heterocycles. The third-order valence-electron chi connectivity index (χ3n) is 8.98. The van der Waals surface area contributed by atoms with Gasteiger partial charge in [0.05, 0.1) is 11.1 Å². The summed E-state index contributed by atoms with van der Waals surface area (Å²) >= 11 is 0. The van der Waals surface area contributed by atoms with E-state index in [9.17, 15) is 9.18 Å². The minimum Gasteiger partial charge on any atom is -0.462 e. The number of rotatable bonds is 5. The number of piperazine rings is 1. The average molecular weight is 492 g/mol. The second-order valence-electron chi connectivity index (χ2n) is 11.3. The van der Waals surface area contributed by atoms with Crippen molar-refractivity contribution in [3.05, 3.63) is 60.2 Å². The summed E-state index contributed by atoms with van der Waals surface area (Å²) in [6.45, 7) is 11.5. The van der Waals surface area contributed by atoms with Crippen LogP contribution in [0.1, 0.15) is 32.9 Å². The van der Waals surface area contributed by atoms with Gasteiger partial charge in [0.1, 0.15) is 11.9 Å². The van der Waals surface area contributed by atoms with Gasteiger partial charge >= 0.3 is 5.97 Å². The molecule has 2 saturated heterocycles. The summed E-state index contributed by atoms with van der Waals surface area (Å²) in [5, 5.41) is 0. The maximum Gasteiger partial charge on any atom is 0.314 e. The number of benzene rings is 1. The van der Waals surface area contributed by atoms with Crippen LogP contribution < -0.4 is 0 Å². The van der Waals surface area contributed by atoms with Crippen molar-refractivity contribution in [3.63, 3.8) is 0 Å². The maximum absolute atomic E-state index is 13.6. The van der Waals surface area contributed by atoms with Crippen LogP contribution in [0.15, 0.2) is 48.7 Å². The molecule has 2 aliphatic heterocycles. The summed E-state index contributed by atoms with van der Waals surface area (Å²) < 4.78 is 19.6. The molecular formula is C30H38FN3O2. The zero-order valence-electron chi connectivity index (χ0n) is 21.9. The Bertz CT molecular complexity index is 1110. The number of allylic oxidation sites excluding steroid dienone is 1. The Morgan fingerprint density at radius 2 is 1.89 bits per heavy atom. The molecular weight excluding hydrogens is 453 g/mol. The highest BCUT2D eigenvalue weighted by atomic mass is 19.1. The van der Waals surface area contributed by atoms with Crippen molar-refractivity contribution < 1.29 is 13.9 Å². The van der Waals surface area contributed by atoms with Crippen LogP contribution in [0, 0.1) is 34.9 Å². The van der Waals surface area contributed by atoms with Gasteiger partial charge in [-0.1, -0.05) is 38.1 Å². The molecule has 1 aliphatic carbocycles. The summed E-state index contributed by atoms with van der Waals surface area (Å²) in [4.78, 5) is 22.9. The molecule has 5 rings (SSSR count). The molecule has 36 heavy (non-hydrogen) atoms. The summed E-state index contributed by atoms with van der Waals surface area (Å²) in [7, 11) is 2.16. The number of carbonyl (C=O) groups is 1. The van der Waals surface area contributed by atoms with E-state index in [-0.39, 0.29) is 29.7 Å². The lowest BCUT2D eigenvalue weighted by Crippen LogP contribution is -2.56. The summed E-state index contributed by atoms with van der Waals surface area (Å²) in [6, 6.07) is 10.5. The lowest BCUT2D eigenvalue weighted by atomic mass is 9.54. The molecule has 1 aromatic carbocycles. The Morgan fingerprint density at radius 1 is 1.11 bits per heavy atom. The van der Waals surface area contributed by atoms with E-state index in [0.29, 0.717) is 11.8 Å². The van der Waals surface area contributed by atoms with E-state index in [1.165, 1.54) is 12.1 Å². The molecule has 1 aromatic heterocycles. The summed E-state index contributed by atoms with van der Waals surface area (Å²) in [5.41, 5.74) is 2.12. The number of esters is 1. The maximum atomic E-state index is 13.6. The van der Waals surface area contributed by atoms with Gasteiger partial charge in [0.2, 0.25) is 0 Å². The minimum absolute atomic E-state index is 0.00588. The molecule has 0 N–H and O–H groups in total. The molecule has 0 amide bonds. The van der Waals surface area contributed by atoms with Gasteiger partial charge in [-0.25, -0.2) is 4.39 Å². The lowest BCUT2D eigenvalue weighted by Gasteiger charge is -2.49. The SMILES string of the molecule is CC1C[C@@]2(CN3CCN(C)CC3)C(=O)O[C@H](C)C2C(/C=C/c2ccc(-c3cccc(F)c3)cn2)C1C. The first kappa shape index (κ1) is 25.1. The fraction of sp³-hybridized carbons (Fsp3) is 0.533. The van der Waals surface area contributed by atoms with Crippen LogP contribution in [0.4, 0.5) is 4.39 Å². The topological polar surface area (TPSA) is 45.7 Å². The molecule has 0 bridgehead atoms. The van der Waals surface area contributed by atoms with Crippen molar-refractivity contribution in [2.75, 3.05) is 39.8 Å². The summed E-state index contributed by atoms with van der Waals surface area (Å²) in [6.07, 6.45) is 6.94. The Hall–Kier alpha value is -2.57. The standard InChI is InChI=1S/C30H38FN3O2/c1-20-17-30(19-34-14-12-33(4)13-15-34)28(22(3)36-29(30)35)27(21(20)2)11-10-26-9-8-24(18-32-26)23-6-5-7-25(31)16-23/h5-11,16,18,20-22,27-28H,12-15,17,19H2,1-4H3/b11-10+/t20?,21?,22-,27?,28?,30+/m1/s1. The minimum atomic E-state index is -0.453. The number of aromatic nitrogens is 1. The smallest absolute Gasteiger partial charge is 0.314 e. The van der Waals surface area contributed by atoms with Crippen molar-refractivity contribution in [1.82, 2.24) is 14.8 Å². The summed E-state index contributed by atoms with van der Waals surface area (Å²) in [5.74, 6) is 0.985. The van der Waals surface area contributed by atoms with Gasteiger partial charge in [0, 0.05) is 50.4 Å². The highest BCUT2D eigenvalue weighted by Crippen LogP contribution is 2.56. The zero-order chi connectivity index (χ0) is 25.4. The lowest BCUT2D eigenvalue weighted by molar-refractivity contribution is -0.152. The Morgan fingerprint density at radius 3 is 2.58 bits per heavy atom. The molecule has 192 valence electrons. The fourth-order valence-electron chi connectivity index (χ4n) is 6.80. The number of hydrogen-bond acceptors (Lipinski definition) is 5. The number of carbonyl (C=O) groups excluding carboxylic acids is 1. The van der Waals surface area contributed by atoms with Gasteiger partial charge in [-0.3, -0.25) is 14.7 Å².